The predicted octanol–water partition coefficient (Wildman–Crippen LogP) is 4.89. The first kappa shape index (κ1) is 23.3. The molecule has 4 rings (SSSR count). The smallest absolute Gasteiger partial charge is 0.237 e. The summed E-state index contributed by atoms with van der Waals surface area (Å²) in [6.07, 6.45) is 0.109. The Morgan fingerprint density at radius 1 is 1.28 bits per heavy atom. The number of benzene rings is 1. The fourth-order valence-corrected chi connectivity index (χ4v) is 4.84. The third-order valence-corrected chi connectivity index (χ3v) is 7.16. The molecule has 32 heavy (non-hydrogen) atoms. The number of aryl methyl sites for hydroxylation is 2. The average Bonchev–Trinajstić information content (AvgIpc) is 3.35. The van der Waals surface area contributed by atoms with Crippen LogP contribution in [0.3, 0.4) is 0 Å². The molecule has 1 aliphatic rings. The molecule has 0 saturated carbocycles. The number of thiophene rings is 1. The van der Waals surface area contributed by atoms with Crippen molar-refractivity contribution >= 4 is 40.4 Å². The SMILES string of the molecule is Cc1ccsc1-c1nc(CC(=O)NCC2CN(Cc3ccc(Cl)c(Cl)c3)CCO2)c(C)o1. The van der Waals surface area contributed by atoms with E-state index >= 15 is 0 Å². The maximum absolute atomic E-state index is 12.5. The van der Waals surface area contributed by atoms with Gasteiger partial charge in [-0.2, -0.15) is 0 Å². The second kappa shape index (κ2) is 10.4. The average molecular weight is 494 g/mol. The van der Waals surface area contributed by atoms with E-state index in [9.17, 15) is 4.79 Å². The highest BCUT2D eigenvalue weighted by molar-refractivity contribution is 7.13. The summed E-state index contributed by atoms with van der Waals surface area (Å²) < 4.78 is 11.6. The number of carbonyl (C=O) groups excluding carboxylic acids is 1. The number of oxazole rings is 1. The van der Waals surface area contributed by atoms with Gasteiger partial charge in [-0.05, 0) is 48.6 Å². The van der Waals surface area contributed by atoms with Gasteiger partial charge in [0.15, 0.2) is 0 Å². The first-order valence-corrected chi connectivity index (χ1v) is 12.1. The van der Waals surface area contributed by atoms with Crippen molar-refractivity contribution in [3.05, 3.63) is 62.3 Å². The van der Waals surface area contributed by atoms with Crippen molar-refractivity contribution in [3.63, 3.8) is 0 Å². The van der Waals surface area contributed by atoms with E-state index in [0.717, 1.165) is 35.6 Å². The van der Waals surface area contributed by atoms with Crippen LogP contribution in [0.15, 0.2) is 34.1 Å². The molecule has 1 unspecified atom stereocenters. The summed E-state index contributed by atoms with van der Waals surface area (Å²) >= 11 is 13.7. The lowest BCUT2D eigenvalue weighted by molar-refractivity contribution is -0.121. The summed E-state index contributed by atoms with van der Waals surface area (Å²) in [5.74, 6) is 1.15. The topological polar surface area (TPSA) is 67.6 Å². The number of amides is 1. The molecule has 2 aromatic heterocycles. The van der Waals surface area contributed by atoms with Crippen molar-refractivity contribution < 1.29 is 13.9 Å². The van der Waals surface area contributed by atoms with Gasteiger partial charge in [0.1, 0.15) is 5.76 Å². The van der Waals surface area contributed by atoms with Crippen LogP contribution in [0.25, 0.3) is 10.8 Å². The molecule has 1 aliphatic heterocycles. The van der Waals surface area contributed by atoms with Gasteiger partial charge < -0.3 is 14.5 Å². The van der Waals surface area contributed by atoms with E-state index in [4.69, 9.17) is 32.4 Å². The van der Waals surface area contributed by atoms with E-state index < -0.39 is 0 Å². The van der Waals surface area contributed by atoms with Gasteiger partial charge in [0.25, 0.3) is 0 Å². The van der Waals surface area contributed by atoms with E-state index in [2.05, 4.69) is 15.2 Å². The van der Waals surface area contributed by atoms with Crippen LogP contribution in [-0.2, 0) is 22.5 Å². The van der Waals surface area contributed by atoms with Crippen molar-refractivity contribution in [2.24, 2.45) is 0 Å². The molecule has 9 heteroatoms. The molecule has 0 radical (unpaired) electrons. The molecule has 170 valence electrons. The largest absolute Gasteiger partial charge is 0.440 e. The van der Waals surface area contributed by atoms with Gasteiger partial charge in [0, 0.05) is 26.2 Å². The number of hydrogen-bond acceptors (Lipinski definition) is 6. The predicted molar refractivity (Wildman–Crippen MR) is 127 cm³/mol. The highest BCUT2D eigenvalue weighted by Crippen LogP contribution is 2.30. The zero-order valence-electron chi connectivity index (χ0n) is 18.0. The Morgan fingerprint density at radius 3 is 2.88 bits per heavy atom. The summed E-state index contributed by atoms with van der Waals surface area (Å²) in [5, 5.41) is 6.09. The van der Waals surface area contributed by atoms with Gasteiger partial charge in [0.05, 0.1) is 39.7 Å². The van der Waals surface area contributed by atoms with Crippen molar-refractivity contribution in [2.75, 3.05) is 26.2 Å². The number of morpholine rings is 1. The summed E-state index contributed by atoms with van der Waals surface area (Å²) in [6, 6.07) is 7.71. The molecule has 1 N–H and O–H groups in total. The number of aromatic nitrogens is 1. The van der Waals surface area contributed by atoms with Gasteiger partial charge in [0.2, 0.25) is 11.8 Å². The highest BCUT2D eigenvalue weighted by atomic mass is 35.5. The van der Waals surface area contributed by atoms with Crippen molar-refractivity contribution in [1.82, 2.24) is 15.2 Å². The monoisotopic (exact) mass is 493 g/mol. The lowest BCUT2D eigenvalue weighted by Gasteiger charge is -2.33. The van der Waals surface area contributed by atoms with Gasteiger partial charge in [-0.1, -0.05) is 29.3 Å². The molecule has 0 aliphatic carbocycles. The zero-order chi connectivity index (χ0) is 22.7. The lowest BCUT2D eigenvalue weighted by Crippen LogP contribution is -2.47. The minimum atomic E-state index is -0.0962. The maximum Gasteiger partial charge on any atom is 0.237 e. The van der Waals surface area contributed by atoms with Crippen molar-refractivity contribution in [2.45, 2.75) is 32.9 Å². The zero-order valence-corrected chi connectivity index (χ0v) is 20.3. The van der Waals surface area contributed by atoms with Crippen LogP contribution >= 0.6 is 34.5 Å². The Kier molecular flexibility index (Phi) is 7.53. The molecule has 1 amide bonds. The number of rotatable bonds is 7. The normalized spacial score (nSPS) is 16.9. The third-order valence-electron chi connectivity index (χ3n) is 5.42. The molecule has 1 fully saturated rings. The van der Waals surface area contributed by atoms with Crippen LogP contribution in [0.5, 0.6) is 0 Å². The van der Waals surface area contributed by atoms with Crippen molar-refractivity contribution in [3.8, 4) is 10.8 Å². The van der Waals surface area contributed by atoms with E-state index in [1.807, 2.05) is 43.5 Å². The van der Waals surface area contributed by atoms with Crippen molar-refractivity contribution in [1.29, 1.82) is 0 Å². The molecule has 6 nitrogen and oxygen atoms in total. The van der Waals surface area contributed by atoms with Crippen LogP contribution in [0, 0.1) is 13.8 Å². The minimum Gasteiger partial charge on any atom is -0.440 e. The molecule has 0 bridgehead atoms. The lowest BCUT2D eigenvalue weighted by atomic mass is 10.2. The molecule has 3 aromatic rings. The molecule has 3 heterocycles. The molecule has 1 saturated heterocycles. The molecular weight excluding hydrogens is 469 g/mol. The van der Waals surface area contributed by atoms with Gasteiger partial charge in [-0.3, -0.25) is 9.69 Å². The van der Waals surface area contributed by atoms with Crippen LogP contribution in [-0.4, -0.2) is 48.1 Å². The Labute approximate surface area is 201 Å². The van der Waals surface area contributed by atoms with E-state index in [0.29, 0.717) is 40.5 Å². The summed E-state index contributed by atoms with van der Waals surface area (Å²) in [6.45, 7) is 7.24. The Bertz CT molecular complexity index is 1100. The van der Waals surface area contributed by atoms with Gasteiger partial charge >= 0.3 is 0 Å². The molecular formula is C23H25Cl2N3O3S. The van der Waals surface area contributed by atoms with Crippen LogP contribution in [0.1, 0.15) is 22.6 Å². The van der Waals surface area contributed by atoms with Crippen LogP contribution in [0.2, 0.25) is 10.0 Å². The first-order chi connectivity index (χ1) is 15.4. The van der Waals surface area contributed by atoms with Crippen LogP contribution < -0.4 is 5.32 Å². The van der Waals surface area contributed by atoms with E-state index in [1.54, 1.807) is 11.3 Å². The fourth-order valence-electron chi connectivity index (χ4n) is 3.67. The summed E-state index contributed by atoms with van der Waals surface area (Å²) in [5.41, 5.74) is 2.88. The number of halogens is 2. The highest BCUT2D eigenvalue weighted by Gasteiger charge is 2.22. The third kappa shape index (κ3) is 5.71. The number of hydrogen-bond donors (Lipinski definition) is 1. The Morgan fingerprint density at radius 2 is 2.12 bits per heavy atom. The molecule has 1 aromatic carbocycles. The standard InChI is InChI=1S/C23H25Cl2N3O3S/c1-14-5-8-32-22(14)23-27-20(15(2)31-23)10-21(29)26-11-17-13-28(6-7-30-17)12-16-3-4-18(24)19(25)9-16/h3-5,8-9,17H,6-7,10-13H2,1-2H3,(H,26,29). The van der Waals surface area contributed by atoms with E-state index in [-0.39, 0.29) is 18.4 Å². The number of carbonyl (C=O) groups is 1. The van der Waals surface area contributed by atoms with Gasteiger partial charge in [-0.25, -0.2) is 4.98 Å². The first-order valence-electron chi connectivity index (χ1n) is 10.4. The summed E-state index contributed by atoms with van der Waals surface area (Å²) in [4.78, 5) is 20.4. The fraction of sp³-hybridized carbons (Fsp3) is 0.391. The Balaban J connectivity index is 1.28. The molecule has 1 atom stereocenters. The van der Waals surface area contributed by atoms with E-state index in [1.165, 1.54) is 0 Å². The minimum absolute atomic E-state index is 0.0711. The second-order valence-electron chi connectivity index (χ2n) is 7.91. The number of nitrogens with one attached hydrogen (secondary N) is 1. The summed E-state index contributed by atoms with van der Waals surface area (Å²) in [7, 11) is 0. The maximum atomic E-state index is 12.5. The quantitative estimate of drug-likeness (QED) is 0.507. The Hall–Kier alpha value is -1.90. The van der Waals surface area contributed by atoms with Crippen LogP contribution in [0.4, 0.5) is 0 Å². The van der Waals surface area contributed by atoms with Gasteiger partial charge in [-0.15, -0.1) is 11.3 Å². The molecule has 0 spiro atoms. The second-order valence-corrected chi connectivity index (χ2v) is 9.64. The number of nitrogens with zero attached hydrogens (tertiary/aromatic N) is 2. The number of ether oxygens (including phenoxy) is 1.